The van der Waals surface area contributed by atoms with E-state index in [2.05, 4.69) is 11.9 Å². The summed E-state index contributed by atoms with van der Waals surface area (Å²) in [5, 5.41) is 1.02. The standard InChI is InChI=1S/C16H18N2O2/c1-16-7-11(16)8-18(9-16)15(19)14-6-10-5-12(20-2)3-4-13(10)17-14/h3-6,11,17H,7-9H2,1-2H3. The maximum absolute atomic E-state index is 12.5. The number of benzene rings is 1. The molecule has 2 aromatic rings. The highest BCUT2D eigenvalue weighted by Gasteiger charge is 2.57. The highest BCUT2D eigenvalue weighted by Crippen LogP contribution is 2.57. The van der Waals surface area contributed by atoms with Crippen molar-refractivity contribution >= 4 is 16.8 Å². The van der Waals surface area contributed by atoms with Gasteiger partial charge in [-0.15, -0.1) is 0 Å². The number of hydrogen-bond donors (Lipinski definition) is 1. The van der Waals surface area contributed by atoms with Crippen LogP contribution in [0, 0.1) is 11.3 Å². The zero-order chi connectivity index (χ0) is 13.9. The second-order valence-electron chi connectivity index (χ2n) is 6.38. The number of fused-ring (bicyclic) bond motifs is 2. The molecule has 2 atom stereocenters. The fourth-order valence-corrected chi connectivity index (χ4v) is 3.43. The summed E-state index contributed by atoms with van der Waals surface area (Å²) in [5.41, 5.74) is 2.05. The number of carbonyl (C=O) groups excluding carboxylic acids is 1. The molecule has 20 heavy (non-hydrogen) atoms. The number of aromatic amines is 1. The summed E-state index contributed by atoms with van der Waals surface area (Å²) < 4.78 is 5.22. The first-order valence-corrected chi connectivity index (χ1v) is 7.05. The summed E-state index contributed by atoms with van der Waals surface area (Å²) in [6, 6.07) is 7.73. The van der Waals surface area contributed by atoms with Crippen molar-refractivity contribution in [2.75, 3.05) is 20.2 Å². The van der Waals surface area contributed by atoms with Gasteiger partial charge in [-0.05, 0) is 42.0 Å². The summed E-state index contributed by atoms with van der Waals surface area (Å²) in [4.78, 5) is 17.7. The van der Waals surface area contributed by atoms with E-state index in [9.17, 15) is 4.79 Å². The quantitative estimate of drug-likeness (QED) is 0.912. The molecule has 1 saturated carbocycles. The van der Waals surface area contributed by atoms with Gasteiger partial charge in [-0.2, -0.15) is 0 Å². The van der Waals surface area contributed by atoms with Gasteiger partial charge < -0.3 is 14.6 Å². The van der Waals surface area contributed by atoms with Crippen LogP contribution in [0.3, 0.4) is 0 Å². The molecule has 1 N–H and O–H groups in total. The Morgan fingerprint density at radius 3 is 3.00 bits per heavy atom. The van der Waals surface area contributed by atoms with Crippen LogP contribution in [0.5, 0.6) is 5.75 Å². The third-order valence-corrected chi connectivity index (χ3v) is 4.88. The van der Waals surface area contributed by atoms with Gasteiger partial charge in [0.25, 0.3) is 5.91 Å². The summed E-state index contributed by atoms with van der Waals surface area (Å²) >= 11 is 0. The minimum Gasteiger partial charge on any atom is -0.497 e. The smallest absolute Gasteiger partial charge is 0.270 e. The number of aromatic nitrogens is 1. The third kappa shape index (κ3) is 1.64. The number of carbonyl (C=O) groups is 1. The molecule has 0 bridgehead atoms. The molecule has 2 unspecified atom stereocenters. The highest BCUT2D eigenvalue weighted by molar-refractivity contribution is 5.98. The van der Waals surface area contributed by atoms with Gasteiger partial charge in [0.2, 0.25) is 0 Å². The minimum atomic E-state index is 0.119. The summed E-state index contributed by atoms with van der Waals surface area (Å²) in [5.74, 6) is 1.65. The van der Waals surface area contributed by atoms with E-state index in [1.807, 2.05) is 29.2 Å². The van der Waals surface area contributed by atoms with Gasteiger partial charge in [0.15, 0.2) is 0 Å². The fourth-order valence-electron chi connectivity index (χ4n) is 3.43. The van der Waals surface area contributed by atoms with Crippen molar-refractivity contribution < 1.29 is 9.53 Å². The number of ether oxygens (including phenoxy) is 1. The lowest BCUT2D eigenvalue weighted by atomic mass is 10.1. The number of rotatable bonds is 2. The van der Waals surface area contributed by atoms with Gasteiger partial charge in [-0.1, -0.05) is 6.92 Å². The number of nitrogens with one attached hydrogen (secondary N) is 1. The Morgan fingerprint density at radius 2 is 2.30 bits per heavy atom. The third-order valence-electron chi connectivity index (χ3n) is 4.88. The Hall–Kier alpha value is -1.97. The molecular weight excluding hydrogens is 252 g/mol. The van der Waals surface area contributed by atoms with Crippen LogP contribution < -0.4 is 4.74 Å². The number of methoxy groups -OCH3 is 1. The number of H-pyrrole nitrogens is 1. The molecule has 4 rings (SSSR count). The normalized spacial score (nSPS) is 27.7. The zero-order valence-corrected chi connectivity index (χ0v) is 11.8. The average molecular weight is 270 g/mol. The van der Waals surface area contributed by atoms with Gasteiger partial charge in [-0.25, -0.2) is 0 Å². The van der Waals surface area contributed by atoms with Crippen LogP contribution in [0.2, 0.25) is 0 Å². The number of likely N-dealkylation sites (tertiary alicyclic amines) is 1. The van der Waals surface area contributed by atoms with Crippen LogP contribution >= 0.6 is 0 Å². The number of piperidine rings is 1. The topological polar surface area (TPSA) is 45.3 Å². The molecule has 1 aliphatic heterocycles. The van der Waals surface area contributed by atoms with Crippen LogP contribution in [0.25, 0.3) is 10.9 Å². The van der Waals surface area contributed by atoms with Crippen LogP contribution in [0.15, 0.2) is 24.3 Å². The van der Waals surface area contributed by atoms with E-state index >= 15 is 0 Å². The number of nitrogens with zero attached hydrogens (tertiary/aromatic N) is 1. The SMILES string of the molecule is COc1ccc2[nH]c(C(=O)N3CC4CC4(C)C3)cc2c1. The van der Waals surface area contributed by atoms with E-state index < -0.39 is 0 Å². The zero-order valence-electron chi connectivity index (χ0n) is 11.8. The van der Waals surface area contributed by atoms with Crippen molar-refractivity contribution in [2.24, 2.45) is 11.3 Å². The van der Waals surface area contributed by atoms with E-state index in [1.54, 1.807) is 7.11 Å². The molecule has 4 heteroatoms. The van der Waals surface area contributed by atoms with Gasteiger partial charge in [0.1, 0.15) is 11.4 Å². The molecule has 1 amide bonds. The van der Waals surface area contributed by atoms with Crippen molar-refractivity contribution in [2.45, 2.75) is 13.3 Å². The first kappa shape index (κ1) is 11.8. The Balaban J connectivity index is 1.63. The Morgan fingerprint density at radius 1 is 1.45 bits per heavy atom. The van der Waals surface area contributed by atoms with E-state index in [1.165, 1.54) is 6.42 Å². The molecule has 2 heterocycles. The molecule has 2 aliphatic rings. The van der Waals surface area contributed by atoms with E-state index in [0.717, 1.165) is 35.7 Å². The van der Waals surface area contributed by atoms with Crippen LogP contribution in [-0.2, 0) is 0 Å². The second-order valence-corrected chi connectivity index (χ2v) is 6.38. The molecule has 104 valence electrons. The molecule has 1 aromatic carbocycles. The fraction of sp³-hybridized carbons (Fsp3) is 0.438. The lowest BCUT2D eigenvalue weighted by Crippen LogP contribution is -2.31. The lowest BCUT2D eigenvalue weighted by molar-refractivity contribution is 0.0762. The predicted molar refractivity (Wildman–Crippen MR) is 77.0 cm³/mol. The van der Waals surface area contributed by atoms with Crippen molar-refractivity contribution in [1.82, 2.24) is 9.88 Å². The highest BCUT2D eigenvalue weighted by atomic mass is 16.5. The van der Waals surface area contributed by atoms with Crippen molar-refractivity contribution in [1.29, 1.82) is 0 Å². The van der Waals surface area contributed by atoms with Crippen LogP contribution in [0.1, 0.15) is 23.8 Å². The van der Waals surface area contributed by atoms with Crippen molar-refractivity contribution in [3.8, 4) is 5.75 Å². The van der Waals surface area contributed by atoms with Gasteiger partial charge in [0, 0.05) is 24.0 Å². The minimum absolute atomic E-state index is 0.119. The molecular formula is C16H18N2O2. The molecule has 1 saturated heterocycles. The molecule has 0 spiro atoms. The van der Waals surface area contributed by atoms with Gasteiger partial charge in [-0.3, -0.25) is 4.79 Å². The largest absolute Gasteiger partial charge is 0.497 e. The summed E-state index contributed by atoms with van der Waals surface area (Å²) in [7, 11) is 1.65. The maximum atomic E-state index is 12.5. The van der Waals surface area contributed by atoms with E-state index in [4.69, 9.17) is 4.74 Å². The monoisotopic (exact) mass is 270 g/mol. The Bertz CT molecular complexity index is 706. The Kier molecular flexibility index (Phi) is 2.23. The molecule has 2 fully saturated rings. The van der Waals surface area contributed by atoms with E-state index in [0.29, 0.717) is 11.1 Å². The number of hydrogen-bond acceptors (Lipinski definition) is 2. The summed E-state index contributed by atoms with van der Waals surface area (Å²) in [6.45, 7) is 4.09. The maximum Gasteiger partial charge on any atom is 0.270 e. The molecule has 1 aromatic heterocycles. The van der Waals surface area contributed by atoms with Crippen LogP contribution in [0.4, 0.5) is 0 Å². The lowest BCUT2D eigenvalue weighted by Gasteiger charge is -2.18. The van der Waals surface area contributed by atoms with Crippen molar-refractivity contribution in [3.63, 3.8) is 0 Å². The van der Waals surface area contributed by atoms with Gasteiger partial charge >= 0.3 is 0 Å². The second kappa shape index (κ2) is 3.78. The van der Waals surface area contributed by atoms with Gasteiger partial charge in [0.05, 0.1) is 7.11 Å². The van der Waals surface area contributed by atoms with Crippen molar-refractivity contribution in [3.05, 3.63) is 30.0 Å². The molecule has 1 aliphatic carbocycles. The first-order chi connectivity index (χ1) is 9.59. The first-order valence-electron chi connectivity index (χ1n) is 7.05. The van der Waals surface area contributed by atoms with E-state index in [-0.39, 0.29) is 5.91 Å². The average Bonchev–Trinajstić information content (AvgIpc) is 2.81. The summed E-state index contributed by atoms with van der Waals surface area (Å²) in [6.07, 6.45) is 1.28. The predicted octanol–water partition coefficient (Wildman–Crippen LogP) is 2.66. The Labute approximate surface area is 117 Å². The van der Waals surface area contributed by atoms with Crippen LogP contribution in [-0.4, -0.2) is 36.0 Å². The molecule has 0 radical (unpaired) electrons. The number of amides is 1. The molecule has 4 nitrogen and oxygen atoms in total.